The maximum Gasteiger partial charge on any atom is 0.282 e. The highest BCUT2D eigenvalue weighted by atomic mass is 32.2. The summed E-state index contributed by atoms with van der Waals surface area (Å²) in [6.07, 6.45) is 0.760. The van der Waals surface area contributed by atoms with Crippen LogP contribution in [-0.4, -0.2) is 37.2 Å². The number of ether oxygens (including phenoxy) is 1. The number of hydrogen-bond donors (Lipinski definition) is 0. The van der Waals surface area contributed by atoms with Gasteiger partial charge in [-0.15, -0.1) is 0 Å². The molecule has 0 N–H and O–H groups in total. The average Bonchev–Trinajstić information content (AvgIpc) is 2.61. The Hall–Kier alpha value is -1.96. The molecule has 1 heterocycles. The van der Waals surface area contributed by atoms with Crippen molar-refractivity contribution in [2.45, 2.75) is 19.5 Å². The van der Waals surface area contributed by atoms with Gasteiger partial charge in [0.05, 0.1) is 7.11 Å². The van der Waals surface area contributed by atoms with Crippen LogP contribution < -0.4 is 4.74 Å². The Labute approximate surface area is 147 Å². The summed E-state index contributed by atoms with van der Waals surface area (Å²) in [4.78, 5) is 0. The Morgan fingerprint density at radius 3 is 1.88 bits per heavy atom. The van der Waals surface area contributed by atoms with Crippen LogP contribution in [-0.2, 0) is 23.3 Å². The first-order chi connectivity index (χ1) is 12.0. The van der Waals surface area contributed by atoms with Gasteiger partial charge in [0.25, 0.3) is 10.2 Å². The van der Waals surface area contributed by atoms with E-state index in [0.29, 0.717) is 19.6 Å². The first-order valence-corrected chi connectivity index (χ1v) is 9.51. The lowest BCUT2D eigenvalue weighted by Gasteiger charge is -2.34. The van der Waals surface area contributed by atoms with Crippen molar-refractivity contribution in [3.63, 3.8) is 0 Å². The predicted octanol–water partition coefficient (Wildman–Crippen LogP) is 2.79. The van der Waals surface area contributed by atoms with E-state index in [4.69, 9.17) is 4.74 Å². The Kier molecular flexibility index (Phi) is 5.36. The largest absolute Gasteiger partial charge is 0.497 e. The summed E-state index contributed by atoms with van der Waals surface area (Å²) in [7, 11) is -1.95. The Morgan fingerprint density at radius 1 is 0.920 bits per heavy atom. The van der Waals surface area contributed by atoms with E-state index < -0.39 is 10.2 Å². The molecule has 5 nitrogen and oxygen atoms in total. The highest BCUT2D eigenvalue weighted by Crippen LogP contribution is 2.22. The average molecular weight is 364 g/mol. The lowest BCUT2D eigenvalue weighted by atomic mass is 10.2. The second-order valence-electron chi connectivity index (χ2n) is 6.00. The summed E-state index contributed by atoms with van der Waals surface area (Å²) in [6, 6.07) is 13.3. The molecule has 0 saturated carbocycles. The second kappa shape index (κ2) is 7.51. The summed E-state index contributed by atoms with van der Waals surface area (Å²) < 4.78 is 46.8. The van der Waals surface area contributed by atoms with E-state index in [-0.39, 0.29) is 12.4 Å². The van der Waals surface area contributed by atoms with Crippen LogP contribution in [0.5, 0.6) is 5.75 Å². The number of methoxy groups -OCH3 is 1. The Bertz CT molecular complexity index is 807. The van der Waals surface area contributed by atoms with Gasteiger partial charge in [0.2, 0.25) is 0 Å². The van der Waals surface area contributed by atoms with Gasteiger partial charge in [0.1, 0.15) is 11.6 Å². The molecule has 134 valence electrons. The van der Waals surface area contributed by atoms with Crippen LogP contribution in [0.15, 0.2) is 48.5 Å². The molecule has 0 amide bonds. The Balaban J connectivity index is 1.73. The minimum Gasteiger partial charge on any atom is -0.497 e. The van der Waals surface area contributed by atoms with Gasteiger partial charge in [0.15, 0.2) is 0 Å². The smallest absolute Gasteiger partial charge is 0.282 e. The molecule has 25 heavy (non-hydrogen) atoms. The fraction of sp³-hybridized carbons (Fsp3) is 0.333. The summed E-state index contributed by atoms with van der Waals surface area (Å²) in [5.74, 6) is 0.412. The molecule has 0 atom stereocenters. The molecular weight excluding hydrogens is 343 g/mol. The molecule has 2 aromatic carbocycles. The molecule has 1 fully saturated rings. The van der Waals surface area contributed by atoms with Crippen LogP contribution in [0.2, 0.25) is 0 Å². The maximum atomic E-state index is 13.0. The molecule has 0 aromatic heterocycles. The van der Waals surface area contributed by atoms with Crippen LogP contribution in [0.4, 0.5) is 4.39 Å². The van der Waals surface area contributed by atoms with Crippen LogP contribution in [0.3, 0.4) is 0 Å². The maximum absolute atomic E-state index is 13.0. The van der Waals surface area contributed by atoms with E-state index in [1.807, 2.05) is 24.3 Å². The van der Waals surface area contributed by atoms with Crippen molar-refractivity contribution in [2.24, 2.45) is 0 Å². The number of nitrogens with zero attached hydrogens (tertiary/aromatic N) is 2. The number of benzene rings is 2. The van der Waals surface area contributed by atoms with Crippen LogP contribution in [0.1, 0.15) is 17.5 Å². The monoisotopic (exact) mass is 364 g/mol. The zero-order valence-electron chi connectivity index (χ0n) is 14.1. The first kappa shape index (κ1) is 17.8. The van der Waals surface area contributed by atoms with Crippen molar-refractivity contribution in [1.82, 2.24) is 8.61 Å². The molecule has 2 aromatic rings. The zero-order valence-corrected chi connectivity index (χ0v) is 14.9. The van der Waals surface area contributed by atoms with Crippen molar-refractivity contribution in [1.29, 1.82) is 0 Å². The highest BCUT2D eigenvalue weighted by Gasteiger charge is 2.33. The van der Waals surface area contributed by atoms with Crippen molar-refractivity contribution in [3.8, 4) is 5.75 Å². The Morgan fingerprint density at radius 2 is 1.40 bits per heavy atom. The molecule has 1 aliphatic rings. The quantitative estimate of drug-likeness (QED) is 0.820. The summed E-state index contributed by atoms with van der Waals surface area (Å²) in [6.45, 7) is 1.54. The molecule has 0 spiro atoms. The third-order valence-electron chi connectivity index (χ3n) is 4.26. The SMILES string of the molecule is COc1ccc(CN2CCCN(Cc3ccc(F)cc3)S2(=O)=O)cc1. The van der Waals surface area contributed by atoms with Gasteiger partial charge >= 0.3 is 0 Å². The van der Waals surface area contributed by atoms with Crippen LogP contribution >= 0.6 is 0 Å². The van der Waals surface area contributed by atoms with Gasteiger partial charge < -0.3 is 4.74 Å². The molecule has 0 bridgehead atoms. The van der Waals surface area contributed by atoms with Crippen molar-refractivity contribution < 1.29 is 17.5 Å². The normalized spacial score (nSPS) is 18.2. The predicted molar refractivity (Wildman–Crippen MR) is 93.8 cm³/mol. The van der Waals surface area contributed by atoms with E-state index in [2.05, 4.69) is 0 Å². The standard InChI is InChI=1S/C18H21FN2O3S/c1-24-18-9-5-16(6-10-18)14-21-12-2-11-20(25(21,22)23)13-15-3-7-17(19)8-4-15/h3-10H,2,11-14H2,1H3. The molecular formula is C18H21FN2O3S. The summed E-state index contributed by atoms with van der Waals surface area (Å²) in [5, 5.41) is 0. The summed E-state index contributed by atoms with van der Waals surface area (Å²) in [5.41, 5.74) is 1.68. The molecule has 1 aliphatic heterocycles. The van der Waals surface area contributed by atoms with E-state index in [1.54, 1.807) is 19.2 Å². The third kappa shape index (κ3) is 4.18. The van der Waals surface area contributed by atoms with Crippen molar-refractivity contribution >= 4 is 10.2 Å². The van der Waals surface area contributed by atoms with Gasteiger partial charge in [-0.3, -0.25) is 0 Å². The van der Waals surface area contributed by atoms with E-state index in [9.17, 15) is 12.8 Å². The van der Waals surface area contributed by atoms with Crippen LogP contribution in [0, 0.1) is 5.82 Å². The van der Waals surface area contributed by atoms with E-state index in [1.165, 1.54) is 20.7 Å². The highest BCUT2D eigenvalue weighted by molar-refractivity contribution is 7.86. The fourth-order valence-electron chi connectivity index (χ4n) is 2.87. The molecule has 1 saturated heterocycles. The van der Waals surface area contributed by atoms with Gasteiger partial charge in [-0.2, -0.15) is 17.0 Å². The number of rotatable bonds is 5. The number of hydrogen-bond acceptors (Lipinski definition) is 3. The van der Waals surface area contributed by atoms with Gasteiger partial charge in [-0.1, -0.05) is 24.3 Å². The van der Waals surface area contributed by atoms with Gasteiger partial charge in [-0.25, -0.2) is 4.39 Å². The third-order valence-corrected chi connectivity index (χ3v) is 6.19. The molecule has 7 heteroatoms. The van der Waals surface area contributed by atoms with E-state index >= 15 is 0 Å². The fourth-order valence-corrected chi connectivity index (χ4v) is 4.54. The lowest BCUT2D eigenvalue weighted by Crippen LogP contribution is -2.48. The van der Waals surface area contributed by atoms with Crippen molar-refractivity contribution in [3.05, 3.63) is 65.5 Å². The van der Waals surface area contributed by atoms with Crippen molar-refractivity contribution in [2.75, 3.05) is 20.2 Å². The lowest BCUT2D eigenvalue weighted by molar-refractivity contribution is 0.276. The van der Waals surface area contributed by atoms with Gasteiger partial charge in [0, 0.05) is 26.2 Å². The van der Waals surface area contributed by atoms with Gasteiger partial charge in [-0.05, 0) is 41.8 Å². The molecule has 0 radical (unpaired) electrons. The first-order valence-electron chi connectivity index (χ1n) is 8.11. The zero-order chi connectivity index (χ0) is 17.9. The minimum atomic E-state index is -3.54. The molecule has 3 rings (SSSR count). The molecule has 0 aliphatic carbocycles. The van der Waals surface area contributed by atoms with Crippen LogP contribution in [0.25, 0.3) is 0 Å². The van der Waals surface area contributed by atoms with E-state index in [0.717, 1.165) is 23.3 Å². The minimum absolute atomic E-state index is 0.252. The topological polar surface area (TPSA) is 49.9 Å². The number of halogens is 1. The molecule has 0 unspecified atom stereocenters. The summed E-state index contributed by atoms with van der Waals surface area (Å²) >= 11 is 0. The second-order valence-corrected chi connectivity index (χ2v) is 7.93.